The minimum absolute atomic E-state index is 1.02. The van der Waals surface area contributed by atoms with Crippen LogP contribution in [-0.2, 0) is 6.42 Å². The van der Waals surface area contributed by atoms with E-state index >= 15 is 0 Å². The molecule has 0 saturated carbocycles. The molecule has 1 heterocycles. The Kier molecular flexibility index (Phi) is 4.90. The van der Waals surface area contributed by atoms with Gasteiger partial charge < -0.3 is 9.80 Å². The van der Waals surface area contributed by atoms with E-state index in [0.29, 0.717) is 0 Å². The molecule has 0 unspecified atom stereocenters. The lowest BCUT2D eigenvalue weighted by atomic mass is 9.92. The van der Waals surface area contributed by atoms with Gasteiger partial charge in [0.25, 0.3) is 0 Å². The molecule has 0 N–H and O–H groups in total. The lowest BCUT2D eigenvalue weighted by molar-refractivity contribution is 1.00. The average Bonchev–Trinajstić information content (AvgIpc) is 3.42. The molecule has 0 fully saturated rings. The van der Waals surface area contributed by atoms with E-state index in [9.17, 15) is 0 Å². The zero-order valence-corrected chi connectivity index (χ0v) is 21.9. The number of nitrogens with zero attached hydrogens (tertiary/aromatic N) is 2. The van der Waals surface area contributed by atoms with E-state index in [1.807, 2.05) is 0 Å². The first kappa shape index (κ1) is 22.2. The van der Waals surface area contributed by atoms with Crippen molar-refractivity contribution in [2.24, 2.45) is 0 Å². The Balaban J connectivity index is 1.41. The standard InChI is InChI=1S/C37H28N2/c1-25-9-5-7-13-32(25)39(29-11-3-2-4-12-29)35-22-18-28-15-19-30-34(38-24-23-26-10-6-8-14-33(26)38)21-17-27-16-20-31(35)37(28)36(27)30/h2-22H,23-24H2,1H3. The molecule has 2 nitrogen and oxygen atoms in total. The van der Waals surface area contributed by atoms with E-state index in [0.717, 1.165) is 18.7 Å². The molecule has 39 heavy (non-hydrogen) atoms. The van der Waals surface area contributed by atoms with Crippen LogP contribution in [0.25, 0.3) is 32.3 Å². The van der Waals surface area contributed by atoms with Crippen molar-refractivity contribution in [2.75, 3.05) is 16.3 Å². The van der Waals surface area contributed by atoms with Crippen LogP contribution in [0.1, 0.15) is 11.1 Å². The van der Waals surface area contributed by atoms with Gasteiger partial charge in [0.15, 0.2) is 0 Å². The Labute approximate surface area is 228 Å². The van der Waals surface area contributed by atoms with Gasteiger partial charge in [0.05, 0.1) is 5.69 Å². The predicted molar refractivity (Wildman–Crippen MR) is 167 cm³/mol. The number of anilines is 5. The number of fused-ring (bicyclic) bond motifs is 1. The lowest BCUT2D eigenvalue weighted by Gasteiger charge is -2.29. The predicted octanol–water partition coefficient (Wildman–Crippen LogP) is 10.1. The van der Waals surface area contributed by atoms with Gasteiger partial charge in [-0.1, -0.05) is 91.0 Å². The third-order valence-corrected chi connectivity index (χ3v) is 8.41. The van der Waals surface area contributed by atoms with Crippen molar-refractivity contribution in [3.63, 3.8) is 0 Å². The first-order valence-corrected chi connectivity index (χ1v) is 13.7. The van der Waals surface area contributed by atoms with Gasteiger partial charge in [-0.3, -0.25) is 0 Å². The van der Waals surface area contributed by atoms with Gasteiger partial charge in [-0.15, -0.1) is 0 Å². The molecular weight excluding hydrogens is 472 g/mol. The number of benzene rings is 7. The summed E-state index contributed by atoms with van der Waals surface area (Å²) in [5.74, 6) is 0. The van der Waals surface area contributed by atoms with Crippen LogP contribution in [0, 0.1) is 6.92 Å². The van der Waals surface area contributed by atoms with E-state index in [1.165, 1.54) is 66.2 Å². The Morgan fingerprint density at radius 3 is 2.05 bits per heavy atom. The Morgan fingerprint density at radius 2 is 1.21 bits per heavy atom. The van der Waals surface area contributed by atoms with E-state index in [2.05, 4.69) is 144 Å². The first-order chi connectivity index (χ1) is 19.3. The second-order valence-corrected chi connectivity index (χ2v) is 10.6. The van der Waals surface area contributed by atoms with Gasteiger partial charge in [0.1, 0.15) is 0 Å². The number of aryl methyl sites for hydroxylation is 1. The maximum absolute atomic E-state index is 2.51. The Morgan fingerprint density at radius 1 is 0.538 bits per heavy atom. The van der Waals surface area contributed by atoms with Crippen LogP contribution in [-0.4, -0.2) is 6.54 Å². The summed E-state index contributed by atoms with van der Waals surface area (Å²) in [5.41, 5.74) is 8.89. The maximum Gasteiger partial charge on any atom is 0.0540 e. The molecule has 0 aliphatic carbocycles. The zero-order valence-electron chi connectivity index (χ0n) is 21.9. The van der Waals surface area contributed by atoms with Gasteiger partial charge in [0.2, 0.25) is 0 Å². The summed E-state index contributed by atoms with van der Waals surface area (Å²) in [5, 5.41) is 7.86. The van der Waals surface area contributed by atoms with Crippen molar-refractivity contribution in [1.82, 2.24) is 0 Å². The van der Waals surface area contributed by atoms with Crippen LogP contribution in [0.5, 0.6) is 0 Å². The molecule has 0 saturated heterocycles. The second-order valence-electron chi connectivity index (χ2n) is 10.6. The van der Waals surface area contributed by atoms with Gasteiger partial charge in [0, 0.05) is 40.1 Å². The number of rotatable bonds is 4. The molecule has 8 rings (SSSR count). The highest BCUT2D eigenvalue weighted by Crippen LogP contribution is 2.47. The highest BCUT2D eigenvalue weighted by molar-refractivity contribution is 6.28. The van der Waals surface area contributed by atoms with Gasteiger partial charge in [-0.05, 0) is 82.4 Å². The van der Waals surface area contributed by atoms with Crippen molar-refractivity contribution in [3.8, 4) is 0 Å². The quantitative estimate of drug-likeness (QED) is 0.222. The van der Waals surface area contributed by atoms with Crippen LogP contribution in [0.3, 0.4) is 0 Å². The molecule has 0 bridgehead atoms. The summed E-state index contributed by atoms with van der Waals surface area (Å²) >= 11 is 0. The van der Waals surface area contributed by atoms with E-state index < -0.39 is 0 Å². The molecule has 1 aliphatic rings. The van der Waals surface area contributed by atoms with Crippen molar-refractivity contribution < 1.29 is 0 Å². The molecule has 0 radical (unpaired) electrons. The molecule has 0 amide bonds. The number of hydrogen-bond donors (Lipinski definition) is 0. The summed E-state index contributed by atoms with van der Waals surface area (Å²) in [7, 11) is 0. The summed E-state index contributed by atoms with van der Waals surface area (Å²) in [6.07, 6.45) is 1.09. The molecule has 1 aliphatic heterocycles. The maximum atomic E-state index is 2.51. The fraction of sp³-hybridized carbons (Fsp3) is 0.0811. The largest absolute Gasteiger partial charge is 0.340 e. The highest BCUT2D eigenvalue weighted by Gasteiger charge is 2.24. The Bertz CT molecular complexity index is 1990. The van der Waals surface area contributed by atoms with E-state index in [-0.39, 0.29) is 0 Å². The van der Waals surface area contributed by atoms with Crippen LogP contribution >= 0.6 is 0 Å². The topological polar surface area (TPSA) is 6.48 Å². The minimum atomic E-state index is 1.02. The third-order valence-electron chi connectivity index (χ3n) is 8.41. The molecule has 0 spiro atoms. The molecule has 0 atom stereocenters. The van der Waals surface area contributed by atoms with Crippen molar-refractivity contribution in [1.29, 1.82) is 0 Å². The van der Waals surface area contributed by atoms with E-state index in [1.54, 1.807) is 0 Å². The molecule has 7 aromatic rings. The minimum Gasteiger partial charge on any atom is -0.340 e. The lowest BCUT2D eigenvalue weighted by Crippen LogP contribution is -2.14. The number of hydrogen-bond acceptors (Lipinski definition) is 2. The van der Waals surface area contributed by atoms with Crippen molar-refractivity contribution in [2.45, 2.75) is 13.3 Å². The highest BCUT2D eigenvalue weighted by atomic mass is 15.2. The van der Waals surface area contributed by atoms with Crippen LogP contribution < -0.4 is 9.80 Å². The van der Waals surface area contributed by atoms with Crippen LogP contribution in [0.4, 0.5) is 28.4 Å². The summed E-state index contributed by atoms with van der Waals surface area (Å²) in [6.45, 7) is 3.21. The molecule has 2 heteroatoms. The molecule has 7 aromatic carbocycles. The first-order valence-electron chi connectivity index (χ1n) is 13.7. The van der Waals surface area contributed by atoms with Crippen molar-refractivity contribution in [3.05, 3.63) is 139 Å². The van der Waals surface area contributed by atoms with Gasteiger partial charge >= 0.3 is 0 Å². The van der Waals surface area contributed by atoms with Gasteiger partial charge in [-0.2, -0.15) is 0 Å². The Hall–Kier alpha value is -4.82. The normalized spacial score (nSPS) is 13.0. The van der Waals surface area contributed by atoms with Gasteiger partial charge in [-0.25, -0.2) is 0 Å². The number of para-hydroxylation sites is 3. The third kappa shape index (κ3) is 3.35. The SMILES string of the molecule is Cc1ccccc1N(c1ccccc1)c1ccc2ccc3c(N4CCc5ccccc54)ccc4ccc1c2c43. The fourth-order valence-electron chi connectivity index (χ4n) is 6.59. The fourth-order valence-corrected chi connectivity index (χ4v) is 6.59. The second kappa shape index (κ2) is 8.61. The van der Waals surface area contributed by atoms with Crippen LogP contribution in [0.2, 0.25) is 0 Å². The summed E-state index contributed by atoms with van der Waals surface area (Å²) in [4.78, 5) is 4.92. The van der Waals surface area contributed by atoms with E-state index in [4.69, 9.17) is 0 Å². The molecular formula is C37H28N2. The average molecular weight is 501 g/mol. The van der Waals surface area contributed by atoms with Crippen molar-refractivity contribution >= 4 is 60.8 Å². The molecule has 0 aromatic heterocycles. The summed E-state index contributed by atoms with van der Waals surface area (Å²) in [6, 6.07) is 46.7. The summed E-state index contributed by atoms with van der Waals surface area (Å²) < 4.78 is 0. The smallest absolute Gasteiger partial charge is 0.0540 e. The monoisotopic (exact) mass is 500 g/mol. The zero-order chi connectivity index (χ0) is 25.9. The molecule has 186 valence electrons. The van der Waals surface area contributed by atoms with Crippen LogP contribution in [0.15, 0.2) is 127 Å².